The predicted octanol–water partition coefficient (Wildman–Crippen LogP) is 2.73. The molecule has 3 aromatic rings. The van der Waals surface area contributed by atoms with E-state index in [4.69, 9.17) is 0 Å². The van der Waals surface area contributed by atoms with Gasteiger partial charge in [0, 0.05) is 24.4 Å². The zero-order valence-corrected chi connectivity index (χ0v) is 21.0. The number of carbonyl (C=O) groups excluding carboxylic acids is 2. The molecule has 2 amide bonds. The minimum atomic E-state index is -4.62. The number of thiazole rings is 1. The number of hydrogen-bond donors (Lipinski definition) is 3. The Balaban J connectivity index is 1.81. The van der Waals surface area contributed by atoms with Crippen LogP contribution in [0.2, 0.25) is 0 Å². The first kappa shape index (κ1) is 26.3. The molecule has 0 saturated carbocycles. The fourth-order valence-electron chi connectivity index (χ4n) is 3.54. The van der Waals surface area contributed by atoms with Crippen molar-refractivity contribution in [2.45, 2.75) is 45.2 Å². The van der Waals surface area contributed by atoms with E-state index in [0.717, 1.165) is 22.6 Å². The maximum Gasteiger partial charge on any atom is 0.243 e. The number of hydrogen-bond acceptors (Lipinski definition) is 7. The summed E-state index contributed by atoms with van der Waals surface area (Å²) in [6.07, 6.45) is 1.47. The second-order valence-electron chi connectivity index (χ2n) is 7.98. The summed E-state index contributed by atoms with van der Waals surface area (Å²) in [6.45, 7) is 3.37. The van der Waals surface area contributed by atoms with Gasteiger partial charge in [-0.05, 0) is 36.1 Å². The molecule has 0 aliphatic heterocycles. The van der Waals surface area contributed by atoms with Crippen LogP contribution in [-0.4, -0.2) is 35.8 Å². The van der Waals surface area contributed by atoms with E-state index in [1.165, 1.54) is 30.4 Å². The molecule has 2 aromatic carbocycles. The second-order valence-corrected chi connectivity index (χ2v) is 10.0. The van der Waals surface area contributed by atoms with Gasteiger partial charge in [0.25, 0.3) is 0 Å². The average molecular weight is 516 g/mol. The molecule has 9 nitrogen and oxygen atoms in total. The number of amides is 2. The summed E-state index contributed by atoms with van der Waals surface area (Å²) < 4.78 is 34.7. The third kappa shape index (κ3) is 8.46. The summed E-state index contributed by atoms with van der Waals surface area (Å²) in [5.74, 6) is -0.646. The van der Waals surface area contributed by atoms with Crippen molar-refractivity contribution in [1.82, 2.24) is 15.6 Å². The van der Waals surface area contributed by atoms with Crippen LogP contribution in [0.25, 0.3) is 0 Å². The van der Waals surface area contributed by atoms with Crippen molar-refractivity contribution in [1.29, 1.82) is 0 Å². The summed E-state index contributed by atoms with van der Waals surface area (Å²) >= 11 is 1.50. The van der Waals surface area contributed by atoms with Gasteiger partial charge in [-0.2, -0.15) is 0 Å². The van der Waals surface area contributed by atoms with Crippen LogP contribution in [-0.2, 0) is 39.2 Å². The average Bonchev–Trinajstić information content (AvgIpc) is 3.28. The Morgan fingerprint density at radius 2 is 1.66 bits per heavy atom. The largest absolute Gasteiger partial charge is 0.731 e. The lowest BCUT2D eigenvalue weighted by molar-refractivity contribution is -0.128. The Kier molecular flexibility index (Phi) is 8.96. The van der Waals surface area contributed by atoms with Crippen molar-refractivity contribution in [2.24, 2.45) is 0 Å². The van der Waals surface area contributed by atoms with E-state index in [1.54, 1.807) is 12.1 Å². The molecular formula is C24H27N4O5S2-. The molecule has 0 aliphatic rings. The van der Waals surface area contributed by atoms with Crippen LogP contribution in [0.15, 0.2) is 60.0 Å². The van der Waals surface area contributed by atoms with Crippen LogP contribution >= 0.6 is 11.3 Å². The minimum Gasteiger partial charge on any atom is -0.731 e. The van der Waals surface area contributed by atoms with Crippen molar-refractivity contribution in [2.75, 3.05) is 4.72 Å². The van der Waals surface area contributed by atoms with Gasteiger partial charge < -0.3 is 15.2 Å². The van der Waals surface area contributed by atoms with Gasteiger partial charge in [0.15, 0.2) is 10.3 Å². The molecule has 186 valence electrons. The number of rotatable bonds is 11. The Hall–Kier alpha value is -3.28. The first-order valence-corrected chi connectivity index (χ1v) is 13.3. The second kappa shape index (κ2) is 11.9. The van der Waals surface area contributed by atoms with E-state index >= 15 is 0 Å². The number of nitrogens with one attached hydrogen (secondary N) is 3. The summed E-state index contributed by atoms with van der Waals surface area (Å²) in [5.41, 5.74) is 2.57. The number of benzene rings is 2. The van der Waals surface area contributed by atoms with Gasteiger partial charge in [-0.15, -0.1) is 11.3 Å². The van der Waals surface area contributed by atoms with Gasteiger partial charge in [0.2, 0.25) is 11.8 Å². The molecular weight excluding hydrogens is 488 g/mol. The topological polar surface area (TPSA) is 140 Å². The van der Waals surface area contributed by atoms with Crippen molar-refractivity contribution >= 4 is 39.1 Å². The van der Waals surface area contributed by atoms with Crippen LogP contribution in [0, 0.1) is 0 Å². The van der Waals surface area contributed by atoms with Crippen LogP contribution < -0.4 is 15.4 Å². The number of aryl methyl sites for hydroxylation is 1. The molecule has 3 N–H and O–H groups in total. The number of carbonyl (C=O) groups is 2. The molecule has 0 fully saturated rings. The molecule has 0 unspecified atom stereocenters. The van der Waals surface area contributed by atoms with Gasteiger partial charge in [-0.1, -0.05) is 49.4 Å². The molecule has 1 heterocycles. The third-order valence-electron chi connectivity index (χ3n) is 5.16. The van der Waals surface area contributed by atoms with Gasteiger partial charge in [0.05, 0.1) is 16.7 Å². The number of anilines is 1. The molecule has 35 heavy (non-hydrogen) atoms. The quantitative estimate of drug-likeness (QED) is 0.336. The minimum absolute atomic E-state index is 0.153. The normalized spacial score (nSPS) is 13.0. The van der Waals surface area contributed by atoms with Gasteiger partial charge in [-0.25, -0.2) is 13.4 Å². The van der Waals surface area contributed by atoms with E-state index in [0.29, 0.717) is 18.5 Å². The van der Waals surface area contributed by atoms with Gasteiger partial charge in [0.1, 0.15) is 6.04 Å². The molecule has 0 spiro atoms. The maximum atomic E-state index is 13.3. The zero-order valence-electron chi connectivity index (χ0n) is 19.4. The van der Waals surface area contributed by atoms with E-state index in [2.05, 4.69) is 15.6 Å². The molecule has 1 aromatic heterocycles. The Morgan fingerprint density at radius 1 is 1.00 bits per heavy atom. The van der Waals surface area contributed by atoms with E-state index < -0.39 is 22.4 Å². The first-order chi connectivity index (χ1) is 16.6. The van der Waals surface area contributed by atoms with Crippen molar-refractivity contribution in [3.8, 4) is 0 Å². The number of aromatic nitrogens is 1. The highest BCUT2D eigenvalue weighted by atomic mass is 32.2. The number of nitrogens with zero attached hydrogens (tertiary/aromatic N) is 1. The molecule has 0 aliphatic carbocycles. The van der Waals surface area contributed by atoms with Crippen LogP contribution in [0.5, 0.6) is 0 Å². The third-order valence-corrected chi connectivity index (χ3v) is 6.66. The highest BCUT2D eigenvalue weighted by Gasteiger charge is 2.25. The lowest BCUT2D eigenvalue weighted by atomic mass is 10.0. The van der Waals surface area contributed by atoms with E-state index in [1.807, 2.05) is 47.4 Å². The molecule has 2 atom stereocenters. The smallest absolute Gasteiger partial charge is 0.243 e. The van der Waals surface area contributed by atoms with Crippen molar-refractivity contribution < 1.29 is 22.6 Å². The van der Waals surface area contributed by atoms with Crippen LogP contribution in [0.1, 0.15) is 41.7 Å². The molecule has 11 heteroatoms. The van der Waals surface area contributed by atoms with E-state index in [-0.39, 0.29) is 17.5 Å². The SMILES string of the molecule is CCc1nc([C@H](Cc2ccc(NS(=O)(=O)[O-])cc2)NC(=O)[C@H](Cc2ccccc2)NC(C)=O)cs1. The first-order valence-electron chi connectivity index (χ1n) is 11.0. The van der Waals surface area contributed by atoms with Crippen molar-refractivity contribution in [3.63, 3.8) is 0 Å². The lowest BCUT2D eigenvalue weighted by Gasteiger charge is -2.23. The molecule has 0 bridgehead atoms. The summed E-state index contributed by atoms with van der Waals surface area (Å²) in [6, 6.07) is 14.5. The molecule has 3 rings (SSSR count). The zero-order chi connectivity index (χ0) is 25.4. The summed E-state index contributed by atoms with van der Waals surface area (Å²) in [4.78, 5) is 29.7. The van der Waals surface area contributed by atoms with Gasteiger partial charge in [-0.3, -0.25) is 14.3 Å². The standard InChI is InChI=1S/C24H28N4O5S2/c1-3-23-26-22(15-34-23)20(13-18-9-11-19(12-10-18)28-35(31,32)33)27-24(30)21(25-16(2)29)14-17-7-5-4-6-8-17/h4-12,15,20-21,28H,3,13-14H2,1-2H3,(H,25,29)(H,27,30)(H,31,32,33)/p-1/t20-,21-/m0/s1. The molecule has 0 saturated heterocycles. The van der Waals surface area contributed by atoms with Gasteiger partial charge >= 0.3 is 0 Å². The maximum absolute atomic E-state index is 13.3. The van der Waals surface area contributed by atoms with Crippen molar-refractivity contribution in [3.05, 3.63) is 81.8 Å². The fraction of sp³-hybridized carbons (Fsp3) is 0.292. The van der Waals surface area contributed by atoms with E-state index in [9.17, 15) is 22.6 Å². The predicted molar refractivity (Wildman–Crippen MR) is 134 cm³/mol. The fourth-order valence-corrected chi connectivity index (χ4v) is 4.77. The van der Waals surface area contributed by atoms with Crippen LogP contribution in [0.4, 0.5) is 5.69 Å². The van der Waals surface area contributed by atoms with Crippen LogP contribution in [0.3, 0.4) is 0 Å². The highest BCUT2D eigenvalue weighted by molar-refractivity contribution is 7.87. The summed E-state index contributed by atoms with van der Waals surface area (Å²) in [5, 5.41) is 8.59. The highest BCUT2D eigenvalue weighted by Crippen LogP contribution is 2.23. The Labute approximate surface area is 208 Å². The lowest BCUT2D eigenvalue weighted by Crippen LogP contribution is -2.48. The Bertz CT molecular complexity index is 1240. The Morgan fingerprint density at radius 3 is 2.23 bits per heavy atom. The monoisotopic (exact) mass is 515 g/mol. The molecule has 0 radical (unpaired) electrons. The summed E-state index contributed by atoms with van der Waals surface area (Å²) in [7, 11) is -4.62.